The van der Waals surface area contributed by atoms with Crippen LogP contribution in [0.2, 0.25) is 0 Å². The lowest BCUT2D eigenvalue weighted by Gasteiger charge is -2.35. The Morgan fingerprint density at radius 1 is 0.708 bits per heavy atom. The smallest absolute Gasteiger partial charge is 0.203 e. The first kappa shape index (κ1) is 31.4. The van der Waals surface area contributed by atoms with Crippen molar-refractivity contribution in [2.24, 2.45) is 0 Å². The summed E-state index contributed by atoms with van der Waals surface area (Å²) in [6.07, 6.45) is 3.72. The van der Waals surface area contributed by atoms with Crippen LogP contribution in [0.15, 0.2) is 121 Å². The van der Waals surface area contributed by atoms with Crippen molar-refractivity contribution >= 4 is 16.9 Å². The van der Waals surface area contributed by atoms with Crippen molar-refractivity contribution in [3.8, 4) is 16.9 Å². The Balaban J connectivity index is 0.941. The number of para-hydroxylation sites is 2. The summed E-state index contributed by atoms with van der Waals surface area (Å²) in [6.45, 7) is 6.70. The second-order valence-electron chi connectivity index (χ2n) is 12.3. The minimum Gasteiger partial charge on any atom is -0.494 e. The summed E-state index contributed by atoms with van der Waals surface area (Å²) >= 11 is 0. The maximum Gasteiger partial charge on any atom is 0.203 e. The molecule has 0 radical (unpaired) electrons. The van der Waals surface area contributed by atoms with Gasteiger partial charge in [-0.05, 0) is 77.6 Å². The first-order valence-electron chi connectivity index (χ1n) is 16.8. The first-order valence-corrected chi connectivity index (χ1v) is 16.8. The number of imidazole rings is 1. The average molecular weight is 641 g/mol. The summed E-state index contributed by atoms with van der Waals surface area (Å²) in [7, 11) is 0. The van der Waals surface area contributed by atoms with Crippen molar-refractivity contribution in [3.05, 3.63) is 144 Å². The highest BCUT2D eigenvalue weighted by Crippen LogP contribution is 2.24. The number of benzene rings is 4. The van der Waals surface area contributed by atoms with Gasteiger partial charge in [-0.1, -0.05) is 72.8 Å². The van der Waals surface area contributed by atoms with Gasteiger partial charge in [-0.15, -0.1) is 0 Å². The Morgan fingerprint density at radius 2 is 1.42 bits per heavy atom. The van der Waals surface area contributed by atoms with E-state index in [0.717, 1.165) is 68.0 Å². The van der Waals surface area contributed by atoms with Gasteiger partial charge in [0.25, 0.3) is 0 Å². The van der Waals surface area contributed by atoms with Gasteiger partial charge in [-0.25, -0.2) is 9.37 Å². The SMILES string of the molecule is N=c1n(CCCOc2ccc(F)cc2)c2ccccc2n1Cc1ccc(N2CCN(CCc3ccccc3-c3ccccc3)CC2)nc1. The van der Waals surface area contributed by atoms with Crippen LogP contribution in [0.1, 0.15) is 17.5 Å². The van der Waals surface area contributed by atoms with Crippen LogP contribution >= 0.6 is 0 Å². The number of anilines is 1. The molecule has 48 heavy (non-hydrogen) atoms. The molecule has 0 aliphatic carbocycles. The third-order valence-corrected chi connectivity index (χ3v) is 9.23. The molecule has 1 aliphatic rings. The van der Waals surface area contributed by atoms with Gasteiger partial charge in [0, 0.05) is 45.5 Å². The number of hydrogen-bond donors (Lipinski definition) is 1. The molecular formula is C40H41FN6O. The van der Waals surface area contributed by atoms with Gasteiger partial charge in [0.1, 0.15) is 17.4 Å². The zero-order valence-electron chi connectivity index (χ0n) is 27.1. The molecule has 0 bridgehead atoms. The van der Waals surface area contributed by atoms with Gasteiger partial charge in [-0.2, -0.15) is 0 Å². The van der Waals surface area contributed by atoms with Gasteiger partial charge in [0.05, 0.1) is 24.2 Å². The molecule has 0 saturated carbocycles. The van der Waals surface area contributed by atoms with Crippen molar-refractivity contribution in [2.45, 2.75) is 25.9 Å². The van der Waals surface area contributed by atoms with Crippen LogP contribution in [0.4, 0.5) is 10.2 Å². The minimum atomic E-state index is -0.277. The van der Waals surface area contributed by atoms with Crippen molar-refractivity contribution in [3.63, 3.8) is 0 Å². The van der Waals surface area contributed by atoms with Gasteiger partial charge in [0.2, 0.25) is 5.62 Å². The normalized spacial score (nSPS) is 13.6. The largest absolute Gasteiger partial charge is 0.494 e. The molecular weight excluding hydrogens is 599 g/mol. The Kier molecular flexibility index (Phi) is 9.61. The lowest BCUT2D eigenvalue weighted by Crippen LogP contribution is -2.47. The molecule has 4 aromatic carbocycles. The van der Waals surface area contributed by atoms with E-state index < -0.39 is 0 Å². The molecule has 1 aliphatic heterocycles. The lowest BCUT2D eigenvalue weighted by atomic mass is 9.97. The van der Waals surface area contributed by atoms with Crippen LogP contribution < -0.4 is 15.3 Å². The maximum absolute atomic E-state index is 13.2. The Labute approximate surface area is 281 Å². The second kappa shape index (κ2) is 14.7. The summed E-state index contributed by atoms with van der Waals surface area (Å²) in [5.74, 6) is 1.38. The van der Waals surface area contributed by atoms with Crippen molar-refractivity contribution in [2.75, 3.05) is 44.2 Å². The van der Waals surface area contributed by atoms with Gasteiger partial charge in [-0.3, -0.25) is 10.3 Å². The minimum absolute atomic E-state index is 0.277. The Morgan fingerprint density at radius 3 is 2.17 bits per heavy atom. The highest BCUT2D eigenvalue weighted by atomic mass is 19.1. The molecule has 244 valence electrons. The molecule has 0 amide bonds. The fourth-order valence-electron chi connectivity index (χ4n) is 6.62. The molecule has 7 rings (SSSR count). The number of pyridine rings is 1. The van der Waals surface area contributed by atoms with Crippen LogP contribution in [-0.2, 0) is 19.5 Å². The van der Waals surface area contributed by atoms with E-state index in [1.165, 1.54) is 28.8 Å². The quantitative estimate of drug-likeness (QED) is 0.146. The highest BCUT2D eigenvalue weighted by molar-refractivity contribution is 5.76. The molecule has 0 unspecified atom stereocenters. The van der Waals surface area contributed by atoms with Crippen LogP contribution in [0.3, 0.4) is 0 Å². The Bertz CT molecular complexity index is 1990. The number of hydrogen-bond acceptors (Lipinski definition) is 5. The lowest BCUT2D eigenvalue weighted by molar-refractivity contribution is 0.260. The summed E-state index contributed by atoms with van der Waals surface area (Å²) in [5.41, 5.74) is 7.56. The third kappa shape index (κ3) is 7.19. The van der Waals surface area contributed by atoms with E-state index >= 15 is 0 Å². The van der Waals surface area contributed by atoms with Crippen molar-refractivity contribution < 1.29 is 9.13 Å². The van der Waals surface area contributed by atoms with E-state index in [1.807, 2.05) is 27.5 Å². The molecule has 6 aromatic rings. The third-order valence-electron chi connectivity index (χ3n) is 9.23. The molecule has 1 saturated heterocycles. The van der Waals surface area contributed by atoms with Crippen LogP contribution in [-0.4, -0.2) is 58.3 Å². The number of rotatable bonds is 12. The number of aryl methyl sites for hydroxylation is 1. The van der Waals surface area contributed by atoms with Crippen molar-refractivity contribution in [1.82, 2.24) is 19.0 Å². The number of nitrogens with one attached hydrogen (secondary N) is 1. The molecule has 8 heteroatoms. The summed E-state index contributed by atoms with van der Waals surface area (Å²) in [6, 6.07) is 37.9. The molecule has 7 nitrogen and oxygen atoms in total. The van der Waals surface area contributed by atoms with E-state index in [0.29, 0.717) is 31.1 Å². The molecule has 0 spiro atoms. The average Bonchev–Trinajstić information content (AvgIpc) is 3.40. The van der Waals surface area contributed by atoms with Gasteiger partial charge >= 0.3 is 0 Å². The van der Waals surface area contributed by atoms with Crippen LogP contribution in [0.5, 0.6) is 5.75 Å². The fourth-order valence-corrected chi connectivity index (χ4v) is 6.62. The van der Waals surface area contributed by atoms with E-state index in [1.54, 1.807) is 12.1 Å². The molecule has 3 heterocycles. The number of fused-ring (bicyclic) bond motifs is 1. The Hall–Kier alpha value is -5.21. The van der Waals surface area contributed by atoms with Crippen molar-refractivity contribution in [1.29, 1.82) is 5.41 Å². The topological polar surface area (TPSA) is 62.3 Å². The predicted molar refractivity (Wildman–Crippen MR) is 190 cm³/mol. The maximum atomic E-state index is 13.2. The fraction of sp³-hybridized carbons (Fsp3) is 0.250. The first-order chi connectivity index (χ1) is 23.6. The van der Waals surface area contributed by atoms with E-state index in [2.05, 4.69) is 88.7 Å². The number of nitrogens with zero attached hydrogens (tertiary/aromatic N) is 5. The van der Waals surface area contributed by atoms with E-state index in [4.69, 9.17) is 15.1 Å². The summed E-state index contributed by atoms with van der Waals surface area (Å²) in [4.78, 5) is 9.80. The van der Waals surface area contributed by atoms with Gasteiger partial charge < -0.3 is 18.8 Å². The second-order valence-corrected chi connectivity index (χ2v) is 12.3. The van der Waals surface area contributed by atoms with Crippen LogP contribution in [0.25, 0.3) is 22.2 Å². The zero-order chi connectivity index (χ0) is 32.7. The zero-order valence-corrected chi connectivity index (χ0v) is 27.1. The predicted octanol–water partition coefficient (Wildman–Crippen LogP) is 7.01. The molecule has 1 fully saturated rings. The van der Waals surface area contributed by atoms with Gasteiger partial charge in [0.15, 0.2) is 0 Å². The monoisotopic (exact) mass is 640 g/mol. The standard InChI is InChI=1S/C40H41FN6O/c41-34-16-18-35(19-17-34)48-28-8-22-46-37-13-6-7-14-38(37)47(40(46)42)30-31-15-20-39(43-29-31)45-26-24-44(25-27-45)23-21-33-11-4-5-12-36(33)32-9-2-1-3-10-32/h1-7,9-20,29,42H,8,21-28,30H2. The number of piperazine rings is 1. The number of aromatic nitrogens is 3. The summed E-state index contributed by atoms with van der Waals surface area (Å²) in [5, 5.41) is 9.02. The summed E-state index contributed by atoms with van der Waals surface area (Å²) < 4.78 is 23.1. The number of ether oxygens (including phenoxy) is 1. The number of halogens is 1. The van der Waals surface area contributed by atoms with E-state index in [-0.39, 0.29) is 5.82 Å². The molecule has 1 N–H and O–H groups in total. The highest BCUT2D eigenvalue weighted by Gasteiger charge is 2.19. The molecule has 0 atom stereocenters. The molecule has 2 aromatic heterocycles. The van der Waals surface area contributed by atoms with E-state index in [9.17, 15) is 4.39 Å². The van der Waals surface area contributed by atoms with Crippen LogP contribution in [0, 0.1) is 11.2 Å².